The number of hydrogen-bond donors (Lipinski definition) is 2. The van der Waals surface area contributed by atoms with Gasteiger partial charge >= 0.3 is 0 Å². The minimum atomic E-state index is 0.405. The van der Waals surface area contributed by atoms with E-state index in [4.69, 9.17) is 11.5 Å². The summed E-state index contributed by atoms with van der Waals surface area (Å²) in [6.07, 6.45) is 8.17. The second-order valence-corrected chi connectivity index (χ2v) is 11.0. The lowest BCUT2D eigenvalue weighted by Gasteiger charge is -2.22. The van der Waals surface area contributed by atoms with E-state index in [1.807, 2.05) is 24.3 Å². The van der Waals surface area contributed by atoms with E-state index in [1.54, 1.807) is 0 Å². The van der Waals surface area contributed by atoms with Gasteiger partial charge in [-0.1, -0.05) is 119 Å². The van der Waals surface area contributed by atoms with Crippen LogP contribution in [0.2, 0.25) is 0 Å². The molecule has 0 amide bonds. The van der Waals surface area contributed by atoms with E-state index in [-0.39, 0.29) is 0 Å². The molecule has 4 aromatic carbocycles. The quantitative estimate of drug-likeness (QED) is 0.173. The Morgan fingerprint density at radius 3 is 0.897 bits per heavy atom. The predicted molar refractivity (Wildman–Crippen MR) is 169 cm³/mol. The van der Waals surface area contributed by atoms with Gasteiger partial charge in [0.05, 0.1) is 0 Å². The third-order valence-electron chi connectivity index (χ3n) is 8.16. The summed E-state index contributed by atoms with van der Waals surface area (Å²) >= 11 is 0. The third kappa shape index (κ3) is 7.32. The van der Waals surface area contributed by atoms with Crippen molar-refractivity contribution in [1.29, 1.82) is 0 Å². The van der Waals surface area contributed by atoms with Crippen molar-refractivity contribution in [3.05, 3.63) is 130 Å². The molecule has 0 aliphatic carbocycles. The van der Waals surface area contributed by atoms with Crippen molar-refractivity contribution < 1.29 is 0 Å². The molecular weight excluding hydrogens is 472 g/mol. The Balaban J connectivity index is 1.59. The first-order valence-electron chi connectivity index (χ1n) is 14.9. The van der Waals surface area contributed by atoms with E-state index in [0.717, 1.165) is 37.1 Å². The third-order valence-corrected chi connectivity index (χ3v) is 8.16. The molecule has 39 heavy (non-hydrogen) atoms. The minimum Gasteiger partial charge on any atom is -0.399 e. The fourth-order valence-corrected chi connectivity index (χ4v) is 5.94. The summed E-state index contributed by atoms with van der Waals surface area (Å²) in [7, 11) is 0. The highest BCUT2D eigenvalue weighted by atomic mass is 14.5. The van der Waals surface area contributed by atoms with Crippen LogP contribution in [-0.2, 0) is 0 Å². The maximum absolute atomic E-state index is 5.96. The lowest BCUT2D eigenvalue weighted by molar-refractivity contribution is 0.647. The Morgan fingerprint density at radius 1 is 0.385 bits per heavy atom. The van der Waals surface area contributed by atoms with E-state index in [0.29, 0.717) is 17.8 Å². The maximum Gasteiger partial charge on any atom is 0.0314 e. The van der Waals surface area contributed by atoms with Gasteiger partial charge in [-0.3, -0.25) is 0 Å². The summed E-state index contributed by atoms with van der Waals surface area (Å²) in [5.74, 6) is 1.22. The number of anilines is 2. The van der Waals surface area contributed by atoms with Crippen LogP contribution in [0.5, 0.6) is 0 Å². The van der Waals surface area contributed by atoms with Crippen molar-refractivity contribution in [3.63, 3.8) is 0 Å². The molecule has 0 spiro atoms. The molecule has 0 aromatic heterocycles. The highest BCUT2D eigenvalue weighted by Crippen LogP contribution is 2.36. The monoisotopic (exact) mass is 518 g/mol. The molecule has 0 aliphatic rings. The number of rotatable bonds is 13. The van der Waals surface area contributed by atoms with Crippen LogP contribution in [0.4, 0.5) is 11.4 Å². The lowest BCUT2D eigenvalue weighted by atomic mass is 9.82. The van der Waals surface area contributed by atoms with Crippen LogP contribution < -0.4 is 11.5 Å². The minimum absolute atomic E-state index is 0.405. The first kappa shape index (κ1) is 28.5. The summed E-state index contributed by atoms with van der Waals surface area (Å²) < 4.78 is 0. The van der Waals surface area contributed by atoms with Gasteiger partial charge in [0.2, 0.25) is 0 Å². The van der Waals surface area contributed by atoms with Gasteiger partial charge in [-0.2, -0.15) is 0 Å². The molecule has 2 unspecified atom stereocenters. The van der Waals surface area contributed by atoms with Gasteiger partial charge < -0.3 is 11.5 Å². The van der Waals surface area contributed by atoms with Crippen LogP contribution in [0, 0.1) is 0 Å². The van der Waals surface area contributed by atoms with Crippen LogP contribution in [0.25, 0.3) is 0 Å². The van der Waals surface area contributed by atoms with E-state index < -0.39 is 0 Å². The van der Waals surface area contributed by atoms with E-state index in [2.05, 4.69) is 93.6 Å². The lowest BCUT2D eigenvalue weighted by Crippen LogP contribution is -2.06. The molecule has 0 heterocycles. The van der Waals surface area contributed by atoms with Crippen LogP contribution in [0.15, 0.2) is 97.1 Å². The number of nitrogen functional groups attached to an aromatic ring is 2. The van der Waals surface area contributed by atoms with E-state index in [1.165, 1.54) is 52.6 Å². The van der Waals surface area contributed by atoms with Crippen molar-refractivity contribution in [1.82, 2.24) is 0 Å². The standard InChI is InChI=1S/C37H46N2/c1-4-7-10-37(29-15-11-27(12-16-29)35(8-5-2)31-19-23-33(38)24-20-31)30-17-13-28(14-18-30)36(9-6-3)32-21-25-34(39)26-22-32/h11-26,35-37H,4-10,38-39H2,1-3H3. The van der Waals surface area contributed by atoms with Gasteiger partial charge in [-0.15, -0.1) is 0 Å². The molecule has 2 heteroatoms. The first-order valence-corrected chi connectivity index (χ1v) is 14.9. The van der Waals surface area contributed by atoms with Gasteiger partial charge in [0.15, 0.2) is 0 Å². The molecule has 2 atom stereocenters. The Labute approximate surface area is 236 Å². The van der Waals surface area contributed by atoms with Crippen LogP contribution in [0.1, 0.15) is 117 Å². The van der Waals surface area contributed by atoms with Gasteiger partial charge in [0.25, 0.3) is 0 Å². The summed E-state index contributed by atoms with van der Waals surface area (Å²) in [6, 6.07) is 35.8. The van der Waals surface area contributed by atoms with Gasteiger partial charge in [0.1, 0.15) is 0 Å². The maximum atomic E-state index is 5.96. The van der Waals surface area contributed by atoms with E-state index in [9.17, 15) is 0 Å². The topological polar surface area (TPSA) is 52.0 Å². The molecule has 0 saturated heterocycles. The Morgan fingerprint density at radius 2 is 0.641 bits per heavy atom. The number of hydrogen-bond acceptors (Lipinski definition) is 2. The molecule has 4 rings (SSSR count). The Bertz CT molecular complexity index is 1160. The SMILES string of the molecule is CCCCC(c1ccc(C(CCC)c2ccc(N)cc2)cc1)c1ccc(C(CCC)c2ccc(N)cc2)cc1. The second-order valence-electron chi connectivity index (χ2n) is 11.0. The average molecular weight is 519 g/mol. The first-order chi connectivity index (χ1) is 19.0. The zero-order valence-corrected chi connectivity index (χ0v) is 24.1. The highest BCUT2D eigenvalue weighted by molar-refractivity contribution is 5.45. The molecule has 4 N–H and O–H groups in total. The smallest absolute Gasteiger partial charge is 0.0314 e. The molecule has 4 aromatic rings. The van der Waals surface area contributed by atoms with E-state index >= 15 is 0 Å². The van der Waals surface area contributed by atoms with Crippen LogP contribution >= 0.6 is 0 Å². The fraction of sp³-hybridized carbons (Fsp3) is 0.351. The summed E-state index contributed by atoms with van der Waals surface area (Å²) in [5, 5.41) is 0. The largest absolute Gasteiger partial charge is 0.399 e. The van der Waals surface area contributed by atoms with Crippen molar-refractivity contribution in [2.24, 2.45) is 0 Å². The number of unbranched alkanes of at least 4 members (excludes halogenated alkanes) is 1. The zero-order valence-electron chi connectivity index (χ0n) is 24.1. The molecular formula is C37H46N2. The molecule has 2 nitrogen and oxygen atoms in total. The van der Waals surface area contributed by atoms with Crippen LogP contribution in [0.3, 0.4) is 0 Å². The zero-order chi connectivity index (χ0) is 27.6. The molecule has 0 bridgehead atoms. The van der Waals surface area contributed by atoms with Gasteiger partial charge in [-0.25, -0.2) is 0 Å². The molecule has 0 radical (unpaired) electrons. The highest BCUT2D eigenvalue weighted by Gasteiger charge is 2.19. The molecule has 0 saturated carbocycles. The summed E-state index contributed by atoms with van der Waals surface area (Å²) in [6.45, 7) is 6.82. The van der Waals surface area contributed by atoms with Crippen molar-refractivity contribution in [2.45, 2.75) is 83.5 Å². The summed E-state index contributed by atoms with van der Waals surface area (Å²) in [4.78, 5) is 0. The van der Waals surface area contributed by atoms with Gasteiger partial charge in [0, 0.05) is 29.1 Å². The van der Waals surface area contributed by atoms with Crippen molar-refractivity contribution in [2.75, 3.05) is 11.5 Å². The number of nitrogens with two attached hydrogens (primary N) is 2. The van der Waals surface area contributed by atoms with Gasteiger partial charge in [-0.05, 0) is 76.9 Å². The normalized spacial score (nSPS) is 13.6. The molecule has 204 valence electrons. The summed E-state index contributed by atoms with van der Waals surface area (Å²) in [5.41, 5.74) is 21.9. The predicted octanol–water partition coefficient (Wildman–Crippen LogP) is 10.0. The Kier molecular flexibility index (Phi) is 10.3. The van der Waals surface area contributed by atoms with Crippen molar-refractivity contribution >= 4 is 11.4 Å². The second kappa shape index (κ2) is 14.0. The fourth-order valence-electron chi connectivity index (χ4n) is 5.94. The molecule has 0 aliphatic heterocycles. The number of benzene rings is 4. The van der Waals surface area contributed by atoms with Crippen molar-refractivity contribution in [3.8, 4) is 0 Å². The van der Waals surface area contributed by atoms with Crippen LogP contribution in [-0.4, -0.2) is 0 Å². The average Bonchev–Trinajstić information content (AvgIpc) is 2.97. The Hall–Kier alpha value is -3.52. The molecule has 0 fully saturated rings.